The van der Waals surface area contributed by atoms with E-state index in [0.717, 1.165) is 22.5 Å². The van der Waals surface area contributed by atoms with Crippen LogP contribution in [0.5, 0.6) is 0 Å². The summed E-state index contributed by atoms with van der Waals surface area (Å²) in [6, 6.07) is 24.6. The minimum atomic E-state index is -0.212. The SMILES string of the molecule is Fc1ccc(-c2ccc(Nc3ccccc3)cc2)cc1. The lowest BCUT2D eigenvalue weighted by atomic mass is 10.1. The molecule has 1 N–H and O–H groups in total. The molecular formula is C18H14FN. The van der Waals surface area contributed by atoms with E-state index in [1.807, 2.05) is 54.6 Å². The third-order valence-corrected chi connectivity index (χ3v) is 3.12. The van der Waals surface area contributed by atoms with Gasteiger partial charge in [-0.2, -0.15) is 0 Å². The van der Waals surface area contributed by atoms with Crippen molar-refractivity contribution in [3.8, 4) is 11.1 Å². The van der Waals surface area contributed by atoms with E-state index in [1.54, 1.807) is 12.1 Å². The number of hydrogen-bond donors (Lipinski definition) is 1. The third-order valence-electron chi connectivity index (χ3n) is 3.12. The number of anilines is 2. The van der Waals surface area contributed by atoms with E-state index >= 15 is 0 Å². The first kappa shape index (κ1) is 12.4. The maximum absolute atomic E-state index is 12.9. The average molecular weight is 263 g/mol. The van der Waals surface area contributed by atoms with Gasteiger partial charge in [-0.3, -0.25) is 0 Å². The highest BCUT2D eigenvalue weighted by molar-refractivity contribution is 5.68. The summed E-state index contributed by atoms with van der Waals surface area (Å²) in [5.74, 6) is -0.212. The van der Waals surface area contributed by atoms with Gasteiger partial charge in [-0.15, -0.1) is 0 Å². The number of halogens is 1. The molecule has 0 spiro atoms. The quantitative estimate of drug-likeness (QED) is 0.681. The number of rotatable bonds is 3. The van der Waals surface area contributed by atoms with Gasteiger partial charge in [-0.05, 0) is 47.5 Å². The Labute approximate surface area is 117 Å². The van der Waals surface area contributed by atoms with Crippen molar-refractivity contribution in [3.05, 3.63) is 84.7 Å². The molecule has 0 heterocycles. The molecule has 0 aliphatic carbocycles. The second-order valence-electron chi connectivity index (χ2n) is 4.58. The zero-order chi connectivity index (χ0) is 13.8. The standard InChI is InChI=1S/C18H14FN/c19-16-10-6-14(7-11-16)15-8-12-18(13-9-15)20-17-4-2-1-3-5-17/h1-13,20H. The fourth-order valence-electron chi connectivity index (χ4n) is 2.08. The lowest BCUT2D eigenvalue weighted by Crippen LogP contribution is -1.89. The highest BCUT2D eigenvalue weighted by Crippen LogP contribution is 2.23. The normalized spacial score (nSPS) is 10.2. The third kappa shape index (κ3) is 2.86. The maximum atomic E-state index is 12.9. The van der Waals surface area contributed by atoms with Crippen molar-refractivity contribution in [3.63, 3.8) is 0 Å². The Morgan fingerprint density at radius 1 is 0.550 bits per heavy atom. The van der Waals surface area contributed by atoms with Crippen LogP contribution in [-0.2, 0) is 0 Å². The summed E-state index contributed by atoms with van der Waals surface area (Å²) in [6.07, 6.45) is 0. The minimum Gasteiger partial charge on any atom is -0.356 e. The molecule has 0 saturated carbocycles. The molecule has 0 fully saturated rings. The minimum absolute atomic E-state index is 0.212. The molecule has 2 heteroatoms. The van der Waals surface area contributed by atoms with Crippen molar-refractivity contribution in [1.82, 2.24) is 0 Å². The highest BCUT2D eigenvalue weighted by Gasteiger charge is 1.99. The van der Waals surface area contributed by atoms with Gasteiger partial charge >= 0.3 is 0 Å². The van der Waals surface area contributed by atoms with Crippen LogP contribution in [0.15, 0.2) is 78.9 Å². The first-order valence-electron chi connectivity index (χ1n) is 6.49. The summed E-state index contributed by atoms with van der Waals surface area (Å²) in [7, 11) is 0. The molecule has 0 amide bonds. The average Bonchev–Trinajstić information content (AvgIpc) is 2.50. The summed E-state index contributed by atoms with van der Waals surface area (Å²) < 4.78 is 12.9. The van der Waals surface area contributed by atoms with Crippen LogP contribution >= 0.6 is 0 Å². The van der Waals surface area contributed by atoms with E-state index in [2.05, 4.69) is 5.32 Å². The molecule has 0 atom stereocenters. The van der Waals surface area contributed by atoms with E-state index in [9.17, 15) is 4.39 Å². The van der Waals surface area contributed by atoms with Crippen molar-refractivity contribution in [2.75, 3.05) is 5.32 Å². The predicted octanol–water partition coefficient (Wildman–Crippen LogP) is 5.24. The Bertz CT molecular complexity index is 673. The fraction of sp³-hybridized carbons (Fsp3) is 0. The van der Waals surface area contributed by atoms with E-state index in [-0.39, 0.29) is 5.82 Å². The van der Waals surface area contributed by atoms with Gasteiger partial charge in [0.25, 0.3) is 0 Å². The summed E-state index contributed by atoms with van der Waals surface area (Å²) in [5, 5.41) is 3.33. The van der Waals surface area contributed by atoms with Crippen LogP contribution in [0.1, 0.15) is 0 Å². The van der Waals surface area contributed by atoms with Crippen LogP contribution < -0.4 is 5.32 Å². The molecule has 0 unspecified atom stereocenters. The monoisotopic (exact) mass is 263 g/mol. The molecule has 1 nitrogen and oxygen atoms in total. The van der Waals surface area contributed by atoms with Gasteiger partial charge in [0.05, 0.1) is 0 Å². The van der Waals surface area contributed by atoms with Crippen molar-refractivity contribution >= 4 is 11.4 Å². The Kier molecular flexibility index (Phi) is 3.46. The number of benzene rings is 3. The maximum Gasteiger partial charge on any atom is 0.123 e. The van der Waals surface area contributed by atoms with Crippen molar-refractivity contribution in [2.24, 2.45) is 0 Å². The summed E-state index contributed by atoms with van der Waals surface area (Å²) in [6.45, 7) is 0. The molecule has 3 aromatic rings. The fourth-order valence-corrected chi connectivity index (χ4v) is 2.08. The number of hydrogen-bond acceptors (Lipinski definition) is 1. The molecule has 0 aliphatic heterocycles. The second kappa shape index (κ2) is 5.57. The summed E-state index contributed by atoms with van der Waals surface area (Å²) in [5.41, 5.74) is 4.17. The van der Waals surface area contributed by atoms with Crippen LogP contribution in [0.3, 0.4) is 0 Å². The number of para-hydroxylation sites is 1. The zero-order valence-corrected chi connectivity index (χ0v) is 10.9. The van der Waals surface area contributed by atoms with Crippen LogP contribution in [0, 0.1) is 5.82 Å². The molecule has 3 rings (SSSR count). The molecule has 0 aliphatic rings. The van der Waals surface area contributed by atoms with Crippen molar-refractivity contribution in [2.45, 2.75) is 0 Å². The van der Waals surface area contributed by atoms with Gasteiger partial charge in [0.1, 0.15) is 5.82 Å². The molecule has 3 aromatic carbocycles. The van der Waals surface area contributed by atoms with Crippen molar-refractivity contribution < 1.29 is 4.39 Å². The van der Waals surface area contributed by atoms with Gasteiger partial charge in [-0.1, -0.05) is 42.5 Å². The lowest BCUT2D eigenvalue weighted by Gasteiger charge is -2.07. The molecule has 0 radical (unpaired) electrons. The molecular weight excluding hydrogens is 249 g/mol. The van der Waals surface area contributed by atoms with Gasteiger partial charge in [0, 0.05) is 11.4 Å². The summed E-state index contributed by atoms with van der Waals surface area (Å²) >= 11 is 0. The van der Waals surface area contributed by atoms with E-state index in [1.165, 1.54) is 12.1 Å². The van der Waals surface area contributed by atoms with Crippen molar-refractivity contribution in [1.29, 1.82) is 0 Å². The van der Waals surface area contributed by atoms with Crippen LogP contribution in [0.4, 0.5) is 15.8 Å². The molecule has 98 valence electrons. The highest BCUT2D eigenvalue weighted by atomic mass is 19.1. The first-order valence-corrected chi connectivity index (χ1v) is 6.49. The molecule has 20 heavy (non-hydrogen) atoms. The summed E-state index contributed by atoms with van der Waals surface area (Å²) in [4.78, 5) is 0. The smallest absolute Gasteiger partial charge is 0.123 e. The van der Waals surface area contributed by atoms with E-state index in [0.29, 0.717) is 0 Å². The first-order chi connectivity index (χ1) is 9.81. The van der Waals surface area contributed by atoms with Gasteiger partial charge in [-0.25, -0.2) is 4.39 Å². The molecule has 0 saturated heterocycles. The van der Waals surface area contributed by atoms with E-state index in [4.69, 9.17) is 0 Å². The van der Waals surface area contributed by atoms with Gasteiger partial charge < -0.3 is 5.32 Å². The lowest BCUT2D eigenvalue weighted by molar-refractivity contribution is 0.628. The van der Waals surface area contributed by atoms with Crippen LogP contribution in [0.25, 0.3) is 11.1 Å². The van der Waals surface area contributed by atoms with Crippen LogP contribution in [-0.4, -0.2) is 0 Å². The Morgan fingerprint density at radius 2 is 1.05 bits per heavy atom. The van der Waals surface area contributed by atoms with Gasteiger partial charge in [0.15, 0.2) is 0 Å². The Balaban J connectivity index is 1.79. The largest absolute Gasteiger partial charge is 0.356 e. The molecule has 0 aromatic heterocycles. The predicted molar refractivity (Wildman–Crippen MR) is 81.6 cm³/mol. The number of nitrogens with one attached hydrogen (secondary N) is 1. The Morgan fingerprint density at radius 3 is 1.65 bits per heavy atom. The van der Waals surface area contributed by atoms with E-state index < -0.39 is 0 Å². The Hall–Kier alpha value is -2.61. The zero-order valence-electron chi connectivity index (χ0n) is 10.9. The topological polar surface area (TPSA) is 12.0 Å². The second-order valence-corrected chi connectivity index (χ2v) is 4.58. The van der Waals surface area contributed by atoms with Crippen LogP contribution in [0.2, 0.25) is 0 Å². The van der Waals surface area contributed by atoms with Gasteiger partial charge in [0.2, 0.25) is 0 Å². The molecule has 0 bridgehead atoms.